The lowest BCUT2D eigenvalue weighted by molar-refractivity contribution is -0.289. The van der Waals surface area contributed by atoms with E-state index in [1.165, 1.54) is 12.1 Å². The van der Waals surface area contributed by atoms with Crippen LogP contribution in [0.25, 0.3) is 11.1 Å². The molecule has 0 unspecified atom stereocenters. The van der Waals surface area contributed by atoms with Gasteiger partial charge in [-0.1, -0.05) is 48.5 Å². The molecule has 0 aliphatic heterocycles. The highest BCUT2D eigenvalue weighted by atomic mass is 19.4. The van der Waals surface area contributed by atoms with Crippen LogP contribution < -0.4 is 0 Å². The monoisotopic (exact) mass is 286 g/mol. The fraction of sp³-hybridized carbons (Fsp3) is 0.200. The van der Waals surface area contributed by atoms with Gasteiger partial charge in [0.05, 0.1) is 0 Å². The predicted molar refractivity (Wildman–Crippen MR) is 66.6 cm³/mol. The van der Waals surface area contributed by atoms with E-state index in [1.807, 2.05) is 19.1 Å². The van der Waals surface area contributed by atoms with Crippen molar-refractivity contribution in [3.63, 3.8) is 0 Å². The quantitative estimate of drug-likeness (QED) is 0.656. The Labute approximate surface area is 112 Å². The molecule has 0 N–H and O–H groups in total. The molecule has 0 saturated carbocycles. The average molecular weight is 286 g/mol. The molecule has 0 aromatic heterocycles. The Kier molecular flexibility index (Phi) is 3.54. The summed E-state index contributed by atoms with van der Waals surface area (Å²) in [4.78, 5) is 0. The summed E-state index contributed by atoms with van der Waals surface area (Å²) in [6.07, 6.45) is -5.59. The van der Waals surface area contributed by atoms with Crippen LogP contribution in [0, 0.1) is 6.92 Å². The van der Waals surface area contributed by atoms with E-state index in [-0.39, 0.29) is 0 Å². The lowest BCUT2D eigenvalue weighted by atomic mass is 9.98. The normalized spacial score (nSPS) is 12.5. The highest BCUT2D eigenvalue weighted by Gasteiger charge is 2.58. The molecule has 106 valence electrons. The summed E-state index contributed by atoms with van der Waals surface area (Å²) in [5, 5.41) is 0. The number of hydrogen-bond acceptors (Lipinski definition) is 0. The summed E-state index contributed by atoms with van der Waals surface area (Å²) in [7, 11) is 0. The minimum Gasteiger partial charge on any atom is -0.191 e. The van der Waals surface area contributed by atoms with Gasteiger partial charge >= 0.3 is 12.1 Å². The van der Waals surface area contributed by atoms with Crippen LogP contribution in [0.15, 0.2) is 48.5 Å². The molecule has 5 heteroatoms. The largest absolute Gasteiger partial charge is 0.458 e. The molecule has 0 fully saturated rings. The molecule has 0 radical (unpaired) electrons. The second-order valence-corrected chi connectivity index (χ2v) is 4.46. The van der Waals surface area contributed by atoms with Gasteiger partial charge in [0.15, 0.2) is 0 Å². The number of hydrogen-bond donors (Lipinski definition) is 0. The molecule has 0 saturated heterocycles. The average Bonchev–Trinajstić information content (AvgIpc) is 2.38. The summed E-state index contributed by atoms with van der Waals surface area (Å²) >= 11 is 0. The molecule has 0 aliphatic carbocycles. The second-order valence-electron chi connectivity index (χ2n) is 4.46. The second kappa shape index (κ2) is 4.89. The third-order valence-electron chi connectivity index (χ3n) is 3.06. The summed E-state index contributed by atoms with van der Waals surface area (Å²) in [5.74, 6) is -4.84. The van der Waals surface area contributed by atoms with E-state index < -0.39 is 17.7 Å². The topological polar surface area (TPSA) is 0 Å². The third kappa shape index (κ3) is 2.53. The Bertz CT molecular complexity index is 596. The lowest BCUT2D eigenvalue weighted by Gasteiger charge is -2.20. The van der Waals surface area contributed by atoms with Gasteiger partial charge in [0.25, 0.3) is 0 Å². The fourth-order valence-corrected chi connectivity index (χ4v) is 1.92. The van der Waals surface area contributed by atoms with Crippen LogP contribution in [-0.2, 0) is 5.92 Å². The first-order valence-electron chi connectivity index (χ1n) is 5.84. The number of rotatable bonds is 2. The van der Waals surface area contributed by atoms with E-state index in [9.17, 15) is 22.0 Å². The third-order valence-corrected chi connectivity index (χ3v) is 3.06. The van der Waals surface area contributed by atoms with Crippen molar-refractivity contribution in [3.8, 4) is 11.1 Å². The Hall–Kier alpha value is -1.91. The highest BCUT2D eigenvalue weighted by Crippen LogP contribution is 2.44. The van der Waals surface area contributed by atoms with Crippen LogP contribution in [0.5, 0.6) is 0 Å². The molecular weight excluding hydrogens is 275 g/mol. The smallest absolute Gasteiger partial charge is 0.191 e. The number of aryl methyl sites for hydroxylation is 1. The van der Waals surface area contributed by atoms with Gasteiger partial charge in [-0.3, -0.25) is 0 Å². The van der Waals surface area contributed by atoms with Crippen molar-refractivity contribution in [2.24, 2.45) is 0 Å². The molecule has 2 aromatic rings. The molecule has 2 aromatic carbocycles. The summed E-state index contributed by atoms with van der Waals surface area (Å²) in [6.45, 7) is 1.84. The molecule has 20 heavy (non-hydrogen) atoms. The van der Waals surface area contributed by atoms with Gasteiger partial charge in [0.1, 0.15) is 0 Å². The summed E-state index contributed by atoms with van der Waals surface area (Å²) in [6, 6.07) is 11.4. The van der Waals surface area contributed by atoms with E-state index >= 15 is 0 Å². The van der Waals surface area contributed by atoms with E-state index in [1.54, 1.807) is 12.1 Å². The maximum Gasteiger partial charge on any atom is 0.458 e. The number of halogens is 5. The van der Waals surface area contributed by atoms with Crippen molar-refractivity contribution < 1.29 is 22.0 Å². The summed E-state index contributed by atoms with van der Waals surface area (Å²) in [5.41, 5.74) is 1.27. The zero-order chi connectivity index (χ0) is 15.0. The molecule has 0 nitrogen and oxygen atoms in total. The Balaban J connectivity index is 2.39. The minimum absolute atomic E-state index is 0.602. The van der Waals surface area contributed by atoms with Crippen LogP contribution >= 0.6 is 0 Å². The van der Waals surface area contributed by atoms with Crippen LogP contribution in [0.2, 0.25) is 0 Å². The molecule has 0 spiro atoms. The van der Waals surface area contributed by atoms with Gasteiger partial charge in [-0.05, 0) is 23.6 Å². The van der Waals surface area contributed by atoms with Crippen LogP contribution in [0.4, 0.5) is 22.0 Å². The van der Waals surface area contributed by atoms with E-state index in [0.717, 1.165) is 23.3 Å². The predicted octanol–water partition coefficient (Wildman–Crippen LogP) is 5.32. The first-order chi connectivity index (χ1) is 9.23. The van der Waals surface area contributed by atoms with E-state index in [0.29, 0.717) is 5.56 Å². The van der Waals surface area contributed by atoms with Gasteiger partial charge in [-0.25, -0.2) is 0 Å². The fourth-order valence-electron chi connectivity index (χ4n) is 1.92. The zero-order valence-corrected chi connectivity index (χ0v) is 10.5. The molecular formula is C15H11F5. The van der Waals surface area contributed by atoms with Crippen molar-refractivity contribution in [3.05, 3.63) is 59.7 Å². The Morgan fingerprint density at radius 1 is 0.750 bits per heavy atom. The molecule has 0 bridgehead atoms. The lowest BCUT2D eigenvalue weighted by Crippen LogP contribution is -2.33. The van der Waals surface area contributed by atoms with E-state index in [4.69, 9.17) is 0 Å². The van der Waals surface area contributed by atoms with Crippen LogP contribution in [-0.4, -0.2) is 6.18 Å². The molecule has 0 atom stereocenters. The van der Waals surface area contributed by atoms with Crippen molar-refractivity contribution >= 4 is 0 Å². The van der Waals surface area contributed by atoms with Crippen LogP contribution in [0.3, 0.4) is 0 Å². The molecule has 2 rings (SSSR count). The Morgan fingerprint density at radius 3 is 1.80 bits per heavy atom. The highest BCUT2D eigenvalue weighted by molar-refractivity contribution is 5.67. The first-order valence-corrected chi connectivity index (χ1v) is 5.84. The number of benzene rings is 2. The molecule has 0 aliphatic rings. The standard InChI is InChI=1S/C15H11F5/c1-10-4-2-3-5-13(10)11-6-8-12(9-7-11)14(16,17)15(18,19)20/h2-9H,1H3. The SMILES string of the molecule is Cc1ccccc1-c1ccc(C(F)(F)C(F)(F)F)cc1. The summed E-state index contributed by atoms with van der Waals surface area (Å²) < 4.78 is 63.1. The zero-order valence-electron chi connectivity index (χ0n) is 10.5. The van der Waals surface area contributed by atoms with Crippen molar-refractivity contribution in [2.45, 2.75) is 19.0 Å². The number of alkyl halides is 5. The maximum absolute atomic E-state index is 13.2. The van der Waals surface area contributed by atoms with Crippen molar-refractivity contribution in [1.29, 1.82) is 0 Å². The minimum atomic E-state index is -5.59. The maximum atomic E-state index is 13.2. The van der Waals surface area contributed by atoms with Crippen molar-refractivity contribution in [1.82, 2.24) is 0 Å². The first kappa shape index (κ1) is 14.5. The Morgan fingerprint density at radius 2 is 1.30 bits per heavy atom. The van der Waals surface area contributed by atoms with Crippen LogP contribution in [0.1, 0.15) is 11.1 Å². The molecule has 0 heterocycles. The van der Waals surface area contributed by atoms with Crippen molar-refractivity contribution in [2.75, 3.05) is 0 Å². The van der Waals surface area contributed by atoms with Gasteiger partial charge in [0.2, 0.25) is 0 Å². The van der Waals surface area contributed by atoms with E-state index in [2.05, 4.69) is 0 Å². The van der Waals surface area contributed by atoms with Gasteiger partial charge < -0.3 is 0 Å². The van der Waals surface area contributed by atoms with Gasteiger partial charge in [-0.2, -0.15) is 22.0 Å². The van der Waals surface area contributed by atoms with Gasteiger partial charge in [0, 0.05) is 5.56 Å². The van der Waals surface area contributed by atoms with Gasteiger partial charge in [-0.15, -0.1) is 0 Å². The molecule has 0 amide bonds.